The Hall–Kier alpha value is -1.61. The first-order valence-corrected chi connectivity index (χ1v) is 7.40. The SMILES string of the molecule is C[C@H]1O[C@@]2(CC3=C1CCC3)C(=O)N(C)c1ccccc12. The molecule has 0 bridgehead atoms. The third kappa shape index (κ3) is 1.36. The molecule has 2 heterocycles. The number of para-hydroxylation sites is 1. The molecule has 1 aromatic rings. The van der Waals surface area contributed by atoms with E-state index >= 15 is 0 Å². The lowest BCUT2D eigenvalue weighted by molar-refractivity contribution is -0.150. The average Bonchev–Trinajstić information content (AvgIpc) is 3.00. The minimum Gasteiger partial charge on any atom is -0.353 e. The summed E-state index contributed by atoms with van der Waals surface area (Å²) in [5.41, 5.74) is 4.16. The van der Waals surface area contributed by atoms with Gasteiger partial charge in [0.05, 0.1) is 11.8 Å². The molecule has 0 saturated heterocycles. The summed E-state index contributed by atoms with van der Waals surface area (Å²) in [6, 6.07) is 8.03. The van der Waals surface area contributed by atoms with Crippen molar-refractivity contribution < 1.29 is 9.53 Å². The molecule has 3 nitrogen and oxygen atoms in total. The number of hydrogen-bond acceptors (Lipinski definition) is 2. The van der Waals surface area contributed by atoms with Gasteiger partial charge in [0.1, 0.15) is 0 Å². The third-order valence-corrected chi connectivity index (χ3v) is 5.06. The van der Waals surface area contributed by atoms with Crippen molar-refractivity contribution in [1.82, 2.24) is 0 Å². The molecule has 0 radical (unpaired) electrons. The van der Waals surface area contributed by atoms with E-state index in [0.29, 0.717) is 0 Å². The molecule has 0 unspecified atom stereocenters. The summed E-state index contributed by atoms with van der Waals surface area (Å²) in [5, 5.41) is 0. The highest BCUT2D eigenvalue weighted by Gasteiger charge is 2.54. The number of fused-ring (bicyclic) bond motifs is 2. The van der Waals surface area contributed by atoms with Gasteiger partial charge in [-0.2, -0.15) is 0 Å². The van der Waals surface area contributed by atoms with E-state index in [9.17, 15) is 4.79 Å². The number of nitrogens with zero attached hydrogens (tertiary/aromatic N) is 1. The minimum absolute atomic E-state index is 0.0600. The molecule has 2 atom stereocenters. The summed E-state index contributed by atoms with van der Waals surface area (Å²) >= 11 is 0. The first-order chi connectivity index (χ1) is 9.63. The fourth-order valence-corrected chi connectivity index (χ4v) is 4.13. The molecule has 0 fully saturated rings. The third-order valence-electron chi connectivity index (χ3n) is 5.06. The lowest BCUT2D eigenvalue weighted by Gasteiger charge is -2.37. The summed E-state index contributed by atoms with van der Waals surface area (Å²) in [5.74, 6) is 0.0870. The number of rotatable bonds is 0. The van der Waals surface area contributed by atoms with Gasteiger partial charge in [-0.1, -0.05) is 23.8 Å². The maximum absolute atomic E-state index is 12.9. The van der Waals surface area contributed by atoms with Gasteiger partial charge in [-0.25, -0.2) is 0 Å². The van der Waals surface area contributed by atoms with Crippen LogP contribution in [0.1, 0.15) is 38.2 Å². The second-order valence-electron chi connectivity index (χ2n) is 6.13. The standard InChI is InChI=1S/C17H19NO2/c1-11-13-7-5-6-12(13)10-17(20-11)14-8-3-4-9-15(14)18(2)16(17)19/h3-4,8-9,11H,5-7,10H2,1-2H3/t11-,17-/m1/s1. The first-order valence-electron chi connectivity index (χ1n) is 7.40. The van der Waals surface area contributed by atoms with Crippen LogP contribution in [0.3, 0.4) is 0 Å². The molecule has 2 aliphatic heterocycles. The quantitative estimate of drug-likeness (QED) is 0.677. The highest BCUT2D eigenvalue weighted by Crippen LogP contribution is 2.52. The fraction of sp³-hybridized carbons (Fsp3) is 0.471. The molecule has 20 heavy (non-hydrogen) atoms. The number of carbonyl (C=O) groups is 1. The van der Waals surface area contributed by atoms with Crippen LogP contribution in [0.4, 0.5) is 5.69 Å². The zero-order valence-electron chi connectivity index (χ0n) is 12.0. The van der Waals surface area contributed by atoms with Crippen LogP contribution < -0.4 is 4.90 Å². The van der Waals surface area contributed by atoms with E-state index in [1.165, 1.54) is 17.6 Å². The van der Waals surface area contributed by atoms with Gasteiger partial charge in [-0.3, -0.25) is 4.79 Å². The van der Waals surface area contributed by atoms with Crippen LogP contribution in [0.2, 0.25) is 0 Å². The van der Waals surface area contributed by atoms with Crippen molar-refractivity contribution in [2.75, 3.05) is 11.9 Å². The highest BCUT2D eigenvalue weighted by molar-refractivity contribution is 6.07. The van der Waals surface area contributed by atoms with Crippen molar-refractivity contribution in [2.45, 2.75) is 44.3 Å². The largest absolute Gasteiger partial charge is 0.353 e. The van der Waals surface area contributed by atoms with Gasteiger partial charge in [0, 0.05) is 19.0 Å². The van der Waals surface area contributed by atoms with Crippen LogP contribution in [-0.4, -0.2) is 19.1 Å². The maximum Gasteiger partial charge on any atom is 0.264 e. The van der Waals surface area contributed by atoms with Crippen molar-refractivity contribution in [1.29, 1.82) is 0 Å². The molecule has 104 valence electrons. The summed E-state index contributed by atoms with van der Waals surface area (Å²) in [4.78, 5) is 14.6. The van der Waals surface area contributed by atoms with Crippen molar-refractivity contribution >= 4 is 11.6 Å². The Balaban J connectivity index is 1.88. The first kappa shape index (κ1) is 12.2. The molecule has 0 aromatic heterocycles. The van der Waals surface area contributed by atoms with Crippen LogP contribution >= 0.6 is 0 Å². The molecule has 1 aliphatic carbocycles. The minimum atomic E-state index is -0.770. The van der Waals surface area contributed by atoms with Gasteiger partial charge < -0.3 is 9.64 Å². The Kier molecular flexibility index (Phi) is 2.40. The van der Waals surface area contributed by atoms with E-state index in [0.717, 1.165) is 30.5 Å². The molecule has 3 heteroatoms. The van der Waals surface area contributed by atoms with E-state index in [1.54, 1.807) is 4.90 Å². The van der Waals surface area contributed by atoms with E-state index in [4.69, 9.17) is 4.74 Å². The number of ether oxygens (including phenoxy) is 1. The lowest BCUT2D eigenvalue weighted by atomic mass is 9.83. The van der Waals surface area contributed by atoms with Crippen molar-refractivity contribution in [3.8, 4) is 0 Å². The Morgan fingerprint density at radius 1 is 1.30 bits per heavy atom. The second kappa shape index (κ2) is 3.95. The van der Waals surface area contributed by atoms with Crippen molar-refractivity contribution in [3.63, 3.8) is 0 Å². The van der Waals surface area contributed by atoms with Gasteiger partial charge in [0.15, 0.2) is 5.60 Å². The Labute approximate surface area is 119 Å². The van der Waals surface area contributed by atoms with Gasteiger partial charge in [0.25, 0.3) is 5.91 Å². The molecule has 3 aliphatic rings. The number of likely N-dealkylation sites (N-methyl/N-ethyl adjacent to an activating group) is 1. The molecule has 1 spiro atoms. The second-order valence-corrected chi connectivity index (χ2v) is 6.13. The molecule has 1 aromatic carbocycles. The summed E-state index contributed by atoms with van der Waals surface area (Å²) < 4.78 is 6.31. The van der Waals surface area contributed by atoms with Crippen molar-refractivity contribution in [2.24, 2.45) is 0 Å². The Bertz CT molecular complexity index is 634. The van der Waals surface area contributed by atoms with Gasteiger partial charge >= 0.3 is 0 Å². The average molecular weight is 269 g/mol. The molecular formula is C17H19NO2. The van der Waals surface area contributed by atoms with Gasteiger partial charge in [-0.05, 0) is 37.8 Å². The fourth-order valence-electron chi connectivity index (χ4n) is 4.13. The zero-order chi connectivity index (χ0) is 13.9. The maximum atomic E-state index is 12.9. The van der Waals surface area contributed by atoms with E-state index in [-0.39, 0.29) is 12.0 Å². The number of benzene rings is 1. The Morgan fingerprint density at radius 3 is 2.95 bits per heavy atom. The van der Waals surface area contributed by atoms with E-state index in [1.807, 2.05) is 31.3 Å². The van der Waals surface area contributed by atoms with Gasteiger partial charge in [0.2, 0.25) is 0 Å². The normalized spacial score (nSPS) is 32.0. The van der Waals surface area contributed by atoms with E-state index < -0.39 is 5.60 Å². The predicted molar refractivity (Wildman–Crippen MR) is 77.6 cm³/mol. The van der Waals surface area contributed by atoms with Crippen LogP contribution in [0.5, 0.6) is 0 Å². The van der Waals surface area contributed by atoms with E-state index in [2.05, 4.69) is 6.92 Å². The summed E-state index contributed by atoms with van der Waals surface area (Å²) in [7, 11) is 1.85. The van der Waals surface area contributed by atoms with Gasteiger partial charge in [-0.15, -0.1) is 0 Å². The summed E-state index contributed by atoms with van der Waals surface area (Å²) in [6.45, 7) is 2.09. The smallest absolute Gasteiger partial charge is 0.264 e. The van der Waals surface area contributed by atoms with Crippen LogP contribution in [0, 0.1) is 0 Å². The number of carbonyl (C=O) groups excluding carboxylic acids is 1. The Morgan fingerprint density at radius 2 is 2.10 bits per heavy atom. The summed E-state index contributed by atoms with van der Waals surface area (Å²) in [6.07, 6.45) is 4.28. The number of amides is 1. The topological polar surface area (TPSA) is 29.5 Å². The molecule has 0 saturated carbocycles. The predicted octanol–water partition coefficient (Wildman–Crippen LogP) is 3.15. The number of hydrogen-bond donors (Lipinski definition) is 0. The molecule has 1 amide bonds. The van der Waals surface area contributed by atoms with Crippen LogP contribution in [0.15, 0.2) is 35.4 Å². The van der Waals surface area contributed by atoms with Crippen molar-refractivity contribution in [3.05, 3.63) is 41.0 Å². The molecular weight excluding hydrogens is 250 g/mol. The zero-order valence-corrected chi connectivity index (χ0v) is 12.0. The van der Waals surface area contributed by atoms with Crippen LogP contribution in [-0.2, 0) is 15.1 Å². The molecule has 4 rings (SSSR count). The molecule has 0 N–H and O–H groups in total. The lowest BCUT2D eigenvalue weighted by Crippen LogP contribution is -2.45. The monoisotopic (exact) mass is 269 g/mol. The highest BCUT2D eigenvalue weighted by atomic mass is 16.5. The number of anilines is 1. The van der Waals surface area contributed by atoms with Crippen LogP contribution in [0.25, 0.3) is 0 Å².